The highest BCUT2D eigenvalue weighted by atomic mass is 127. The molecule has 3 amide bonds. The number of imide groups is 1. The summed E-state index contributed by atoms with van der Waals surface area (Å²) in [5.74, 6) is -0.350. The highest BCUT2D eigenvalue weighted by Gasteiger charge is 2.73. The Kier molecular flexibility index (Phi) is 5.59. The number of amides is 3. The van der Waals surface area contributed by atoms with Gasteiger partial charge in [-0.15, -0.1) is 0 Å². The first-order valence-electron chi connectivity index (χ1n) is 11.2. The molecule has 0 radical (unpaired) electrons. The third-order valence-corrected chi connectivity index (χ3v) is 8.05. The average Bonchev–Trinajstić information content (AvgIpc) is 3.46. The van der Waals surface area contributed by atoms with Crippen LogP contribution in [-0.4, -0.2) is 58.9 Å². The maximum absolute atomic E-state index is 13.8. The van der Waals surface area contributed by atoms with Crippen LogP contribution in [0.1, 0.15) is 41.3 Å². The van der Waals surface area contributed by atoms with Crippen LogP contribution >= 0.6 is 22.6 Å². The van der Waals surface area contributed by atoms with Gasteiger partial charge >= 0.3 is 6.03 Å². The van der Waals surface area contributed by atoms with Crippen LogP contribution in [0.15, 0.2) is 42.5 Å². The van der Waals surface area contributed by atoms with E-state index in [0.29, 0.717) is 40.1 Å². The Morgan fingerprint density at radius 2 is 1.94 bits per heavy atom. The van der Waals surface area contributed by atoms with Crippen molar-refractivity contribution in [1.82, 2.24) is 4.90 Å². The van der Waals surface area contributed by atoms with Crippen molar-refractivity contribution >= 4 is 46.0 Å². The lowest BCUT2D eigenvalue weighted by atomic mass is 9.97. The van der Waals surface area contributed by atoms with Crippen molar-refractivity contribution in [3.05, 3.63) is 62.7 Å². The largest absolute Gasteiger partial charge is 0.433 e. The maximum atomic E-state index is 13.8. The lowest BCUT2D eigenvalue weighted by Gasteiger charge is -2.32. The summed E-state index contributed by atoms with van der Waals surface area (Å²) in [6.07, 6.45) is 3.20. The molecule has 3 fully saturated rings. The molecule has 7 nitrogen and oxygen atoms in total. The van der Waals surface area contributed by atoms with Gasteiger partial charge in [0.05, 0.1) is 24.3 Å². The maximum Gasteiger partial charge on any atom is 0.433 e. The van der Waals surface area contributed by atoms with Crippen LogP contribution in [-0.2, 0) is 11.2 Å². The first-order chi connectivity index (χ1) is 15.9. The molecular weight excluding hydrogens is 531 g/mol. The normalized spacial score (nSPS) is 27.7. The quantitative estimate of drug-likeness (QED) is 0.235. The average molecular weight is 555 g/mol. The molecule has 3 aliphatic rings. The van der Waals surface area contributed by atoms with E-state index >= 15 is 0 Å². The van der Waals surface area contributed by atoms with Gasteiger partial charge in [0.1, 0.15) is 12.7 Å². The molecule has 1 spiro atoms. The van der Waals surface area contributed by atoms with Crippen LogP contribution < -0.4 is 4.90 Å². The number of piperazine rings is 1. The number of anilines is 1. The second-order valence-electron chi connectivity index (χ2n) is 9.04. The number of quaternary nitrogens is 1. The van der Waals surface area contributed by atoms with Crippen molar-refractivity contribution < 1.29 is 18.9 Å². The molecule has 33 heavy (non-hydrogen) atoms. The molecular formula is C25H24IN4O3+. The van der Waals surface area contributed by atoms with Crippen molar-refractivity contribution in [3.8, 4) is 6.07 Å². The number of aryl methyl sites for hydroxylation is 1. The van der Waals surface area contributed by atoms with Gasteiger partial charge < -0.3 is 0 Å². The summed E-state index contributed by atoms with van der Waals surface area (Å²) in [6, 6.07) is 13.2. The fourth-order valence-electron chi connectivity index (χ4n) is 5.42. The van der Waals surface area contributed by atoms with E-state index in [1.165, 1.54) is 10.5 Å². The van der Waals surface area contributed by atoms with Gasteiger partial charge in [-0.1, -0.05) is 37.6 Å². The molecule has 5 rings (SSSR count). The number of ketones is 1. The number of nitrogens with zero attached hydrogens (tertiary/aromatic N) is 4. The molecule has 3 saturated heterocycles. The number of nitriles is 1. The van der Waals surface area contributed by atoms with E-state index in [1.807, 2.05) is 46.9 Å². The molecule has 2 aromatic rings. The van der Waals surface area contributed by atoms with E-state index in [0.717, 1.165) is 19.3 Å². The van der Waals surface area contributed by atoms with Gasteiger partial charge in [0.25, 0.3) is 5.91 Å². The molecule has 3 aliphatic heterocycles. The Morgan fingerprint density at radius 1 is 1.18 bits per heavy atom. The number of rotatable bonds is 6. The number of fused-ring (bicyclic) bond motifs is 1. The molecule has 2 aromatic carbocycles. The number of unbranched alkanes of at least 4 members (excludes halogenated alkanes) is 1. The van der Waals surface area contributed by atoms with Crippen LogP contribution in [0.3, 0.4) is 0 Å². The standard InChI is InChI=1S/C25H24IN4O3/c1-2-3-4-16-5-7-17(8-6-16)23(31)21-13-28-14-22-24(32)29(25(33)30(21,22)15-28)19-10-9-18(12-27)20(26)11-19/h5-11,21-22H,2-4,13-15H2,1H3/q+1. The van der Waals surface area contributed by atoms with E-state index in [9.17, 15) is 19.6 Å². The van der Waals surface area contributed by atoms with Crippen LogP contribution in [0, 0.1) is 14.9 Å². The summed E-state index contributed by atoms with van der Waals surface area (Å²) < 4.78 is 0.533. The van der Waals surface area contributed by atoms with Crippen LogP contribution in [0.5, 0.6) is 0 Å². The van der Waals surface area contributed by atoms with E-state index < -0.39 is 12.1 Å². The van der Waals surface area contributed by atoms with Crippen LogP contribution in [0.4, 0.5) is 10.5 Å². The molecule has 0 saturated carbocycles. The minimum atomic E-state index is -0.593. The SMILES string of the molecule is CCCCc1ccc(C(=O)C2C[N@@]3CC4C(=O)N(c5ccc(C#N)c(I)c5)C(=O)[N+]24C3)cc1. The molecule has 8 heteroatoms. The van der Waals surface area contributed by atoms with Gasteiger partial charge in [-0.05, 0) is 59.2 Å². The predicted molar refractivity (Wildman–Crippen MR) is 130 cm³/mol. The van der Waals surface area contributed by atoms with E-state index in [2.05, 4.69) is 17.9 Å². The fourth-order valence-corrected chi connectivity index (χ4v) is 6.04. The van der Waals surface area contributed by atoms with Crippen molar-refractivity contribution in [2.24, 2.45) is 0 Å². The van der Waals surface area contributed by atoms with Gasteiger partial charge in [-0.3, -0.25) is 9.59 Å². The summed E-state index contributed by atoms with van der Waals surface area (Å²) in [7, 11) is 0. The first kappa shape index (κ1) is 22.2. The highest BCUT2D eigenvalue weighted by molar-refractivity contribution is 14.1. The summed E-state index contributed by atoms with van der Waals surface area (Å²) >= 11 is 2.04. The smallest absolute Gasteiger partial charge is 0.287 e. The second-order valence-corrected chi connectivity index (χ2v) is 10.2. The number of hydrogen-bond donors (Lipinski definition) is 0. The molecule has 0 aromatic heterocycles. The summed E-state index contributed by atoms with van der Waals surface area (Å²) in [5, 5.41) is 9.21. The topological polar surface area (TPSA) is 81.5 Å². The second kappa shape index (κ2) is 8.31. The monoisotopic (exact) mass is 555 g/mol. The zero-order valence-corrected chi connectivity index (χ0v) is 20.5. The molecule has 168 valence electrons. The molecule has 3 unspecified atom stereocenters. The number of hydrogen-bond acceptors (Lipinski definition) is 5. The van der Waals surface area contributed by atoms with Crippen molar-refractivity contribution in [3.63, 3.8) is 0 Å². The third kappa shape index (κ3) is 3.33. The lowest BCUT2D eigenvalue weighted by Crippen LogP contribution is -2.62. The number of halogens is 1. The fraction of sp³-hybridized carbons (Fsp3) is 0.360. The van der Waals surface area contributed by atoms with Crippen LogP contribution in [0.25, 0.3) is 0 Å². The minimum absolute atomic E-state index is 0.0818. The highest BCUT2D eigenvalue weighted by Crippen LogP contribution is 2.44. The molecule has 3 heterocycles. The number of benzene rings is 2. The Hall–Kier alpha value is -2.61. The van der Waals surface area contributed by atoms with Gasteiger partial charge in [-0.25, -0.2) is 14.2 Å². The minimum Gasteiger partial charge on any atom is -0.287 e. The van der Waals surface area contributed by atoms with E-state index in [-0.39, 0.29) is 22.2 Å². The Bertz CT molecular complexity index is 1210. The third-order valence-electron chi connectivity index (χ3n) is 7.15. The molecule has 0 N–H and O–H groups in total. The zero-order chi connectivity index (χ0) is 23.3. The van der Waals surface area contributed by atoms with Crippen LogP contribution in [0.2, 0.25) is 0 Å². The molecule has 4 atom stereocenters. The van der Waals surface area contributed by atoms with Gasteiger partial charge in [0, 0.05) is 9.13 Å². The van der Waals surface area contributed by atoms with E-state index in [1.54, 1.807) is 18.2 Å². The number of Topliss-reactive ketones (excluding diaryl/α,β-unsaturated/α-hetero) is 1. The van der Waals surface area contributed by atoms with Crippen molar-refractivity contribution in [1.29, 1.82) is 5.26 Å². The molecule has 0 aliphatic carbocycles. The van der Waals surface area contributed by atoms with E-state index in [4.69, 9.17) is 0 Å². The number of carbonyl (C=O) groups is 3. The Labute approximate surface area is 206 Å². The summed E-state index contributed by atoms with van der Waals surface area (Å²) in [5.41, 5.74) is 2.74. The van der Waals surface area contributed by atoms with Gasteiger partial charge in [0.15, 0.2) is 12.1 Å². The van der Waals surface area contributed by atoms with Crippen molar-refractivity contribution in [2.45, 2.75) is 38.3 Å². The number of urea groups is 1. The number of carbonyl (C=O) groups excluding carboxylic acids is 3. The molecule has 2 bridgehead atoms. The summed E-state index contributed by atoms with van der Waals surface area (Å²) in [4.78, 5) is 44.0. The predicted octanol–water partition coefficient (Wildman–Crippen LogP) is 3.70. The Balaban J connectivity index is 1.46. The summed E-state index contributed by atoms with van der Waals surface area (Å²) in [6.45, 7) is 3.49. The van der Waals surface area contributed by atoms with Crippen molar-refractivity contribution in [2.75, 3.05) is 24.7 Å². The Morgan fingerprint density at radius 3 is 2.61 bits per heavy atom. The lowest BCUT2D eigenvalue weighted by molar-refractivity contribution is -0.852. The van der Waals surface area contributed by atoms with Gasteiger partial charge in [-0.2, -0.15) is 10.2 Å². The first-order valence-corrected chi connectivity index (χ1v) is 12.3. The zero-order valence-electron chi connectivity index (χ0n) is 18.3. The van der Waals surface area contributed by atoms with Gasteiger partial charge in [0.2, 0.25) is 5.78 Å².